The summed E-state index contributed by atoms with van der Waals surface area (Å²) >= 11 is 0.994. The molecule has 2 N–H and O–H groups in total. The molecule has 0 atom stereocenters. The summed E-state index contributed by atoms with van der Waals surface area (Å²) in [6.45, 7) is 2.01. The number of hydrogen-bond donors (Lipinski definition) is 2. The number of guanidine groups is 1. The topological polar surface area (TPSA) is 52.6 Å². The second-order valence-corrected chi connectivity index (χ2v) is 7.55. The average Bonchev–Trinajstić information content (AvgIpc) is 3.11. The van der Waals surface area contributed by atoms with E-state index in [0.717, 1.165) is 36.2 Å². The molecule has 0 radical (unpaired) electrons. The van der Waals surface area contributed by atoms with Gasteiger partial charge in [0.05, 0.1) is 6.54 Å². The number of rotatable bonds is 7. The van der Waals surface area contributed by atoms with Gasteiger partial charge in [0, 0.05) is 25.0 Å². The number of hydrogen-bond acceptors (Lipinski definition) is 4. The molecule has 1 aromatic rings. The lowest BCUT2D eigenvalue weighted by Crippen LogP contribution is -2.39. The first kappa shape index (κ1) is 24.4. The quantitative estimate of drug-likeness (QED) is 0.247. The van der Waals surface area contributed by atoms with E-state index in [9.17, 15) is 13.2 Å². The molecule has 0 aliphatic heterocycles. The number of aromatic nitrogens is 1. The molecule has 1 heterocycles. The van der Waals surface area contributed by atoms with Crippen LogP contribution in [0.5, 0.6) is 0 Å². The highest BCUT2D eigenvalue weighted by molar-refractivity contribution is 14.0. The number of nitrogens with one attached hydrogen (secondary N) is 2. The second kappa shape index (κ2) is 12.1. The van der Waals surface area contributed by atoms with E-state index in [1.165, 1.54) is 32.1 Å². The van der Waals surface area contributed by atoms with Crippen molar-refractivity contribution in [2.45, 2.75) is 57.3 Å². The van der Waals surface area contributed by atoms with Crippen molar-refractivity contribution >= 4 is 41.3 Å². The van der Waals surface area contributed by atoms with Crippen LogP contribution in [0.2, 0.25) is 0 Å². The molecule has 1 saturated carbocycles. The van der Waals surface area contributed by atoms with Crippen LogP contribution in [0.1, 0.15) is 49.2 Å². The lowest BCUT2D eigenvalue weighted by molar-refractivity contribution is -0.140. The van der Waals surface area contributed by atoms with Gasteiger partial charge in [-0.15, -0.1) is 35.3 Å². The van der Waals surface area contributed by atoms with Crippen molar-refractivity contribution in [1.82, 2.24) is 20.5 Å². The predicted molar refractivity (Wildman–Crippen MR) is 115 cm³/mol. The van der Waals surface area contributed by atoms with Gasteiger partial charge >= 0.3 is 6.18 Å². The summed E-state index contributed by atoms with van der Waals surface area (Å²) in [5.74, 6) is 0.578. The Balaban J connectivity index is 0.00000364. The maximum atomic E-state index is 12.6. The lowest BCUT2D eigenvalue weighted by atomic mass is 9.94. The van der Waals surface area contributed by atoms with Gasteiger partial charge in [-0.3, -0.25) is 4.99 Å². The van der Waals surface area contributed by atoms with E-state index < -0.39 is 11.9 Å². The third kappa shape index (κ3) is 8.51. The molecule has 0 saturated heterocycles. The molecule has 27 heavy (non-hydrogen) atoms. The Morgan fingerprint density at radius 3 is 2.59 bits per heavy atom. The smallest absolute Gasteiger partial charge is 0.356 e. The minimum Gasteiger partial charge on any atom is -0.356 e. The highest BCUT2D eigenvalue weighted by Gasteiger charge is 2.33. The first-order valence-electron chi connectivity index (χ1n) is 9.06. The molecule has 156 valence electrons. The summed E-state index contributed by atoms with van der Waals surface area (Å²) in [6, 6.07) is 0.703. The van der Waals surface area contributed by atoms with Crippen molar-refractivity contribution in [1.29, 1.82) is 0 Å². The predicted octanol–water partition coefficient (Wildman–Crippen LogP) is 4.10. The Hall–Kier alpha value is -0.620. The standard InChI is InChI=1S/C17H28F3N5S.HI/c1-21-16(23-11-15-24-14(12-26-15)17(18,19)20)22-9-6-10-25(2)13-7-4-3-5-8-13;/h12-13H,3-11H2,1-2H3,(H2,21,22,23);1H. The van der Waals surface area contributed by atoms with E-state index in [4.69, 9.17) is 0 Å². The average molecular weight is 519 g/mol. The van der Waals surface area contributed by atoms with Crippen molar-refractivity contribution in [3.8, 4) is 0 Å². The zero-order chi connectivity index (χ0) is 19.0. The van der Waals surface area contributed by atoms with Gasteiger partial charge in [0.1, 0.15) is 5.01 Å². The monoisotopic (exact) mass is 519 g/mol. The fourth-order valence-corrected chi connectivity index (χ4v) is 3.88. The normalized spacial score (nSPS) is 16.3. The summed E-state index contributed by atoms with van der Waals surface area (Å²) < 4.78 is 37.7. The van der Waals surface area contributed by atoms with Crippen molar-refractivity contribution in [3.63, 3.8) is 0 Å². The van der Waals surface area contributed by atoms with Crippen molar-refractivity contribution in [2.75, 3.05) is 27.2 Å². The summed E-state index contributed by atoms with van der Waals surface area (Å²) in [7, 11) is 3.83. The molecule has 1 aromatic heterocycles. The number of thiazole rings is 1. The molecule has 5 nitrogen and oxygen atoms in total. The molecule has 0 spiro atoms. The maximum absolute atomic E-state index is 12.6. The van der Waals surface area contributed by atoms with Crippen LogP contribution in [0.25, 0.3) is 0 Å². The zero-order valence-corrected chi connectivity index (χ0v) is 19.0. The van der Waals surface area contributed by atoms with Crippen molar-refractivity contribution < 1.29 is 13.2 Å². The molecule has 1 aliphatic rings. The van der Waals surface area contributed by atoms with E-state index in [2.05, 4.69) is 32.6 Å². The van der Waals surface area contributed by atoms with Crippen LogP contribution >= 0.6 is 35.3 Å². The van der Waals surface area contributed by atoms with Crippen molar-refractivity contribution in [3.05, 3.63) is 16.1 Å². The van der Waals surface area contributed by atoms with Crippen LogP contribution < -0.4 is 10.6 Å². The van der Waals surface area contributed by atoms with Crippen LogP contribution in [0.4, 0.5) is 13.2 Å². The largest absolute Gasteiger partial charge is 0.434 e. The molecule has 0 bridgehead atoms. The van der Waals surface area contributed by atoms with E-state index in [1.54, 1.807) is 7.05 Å². The summed E-state index contributed by atoms with van der Waals surface area (Å²) in [5.41, 5.74) is -0.840. The Bertz CT molecular complexity index is 573. The molecule has 1 aliphatic carbocycles. The summed E-state index contributed by atoms with van der Waals surface area (Å²) in [6.07, 6.45) is 3.20. The van der Waals surface area contributed by atoms with Gasteiger partial charge < -0.3 is 15.5 Å². The molecule has 2 rings (SSSR count). The second-order valence-electron chi connectivity index (χ2n) is 6.60. The Morgan fingerprint density at radius 2 is 2.00 bits per heavy atom. The lowest BCUT2D eigenvalue weighted by Gasteiger charge is -2.31. The Labute approximate surface area is 180 Å². The third-order valence-corrected chi connectivity index (χ3v) is 5.50. The summed E-state index contributed by atoms with van der Waals surface area (Å²) in [5, 5.41) is 7.63. The minimum absolute atomic E-state index is 0. The maximum Gasteiger partial charge on any atom is 0.434 e. The number of nitrogens with zero attached hydrogens (tertiary/aromatic N) is 3. The molecule has 1 fully saturated rings. The molecule has 10 heteroatoms. The van der Waals surface area contributed by atoms with Crippen LogP contribution in [0.3, 0.4) is 0 Å². The molecular weight excluding hydrogens is 490 g/mol. The highest BCUT2D eigenvalue weighted by atomic mass is 127. The van der Waals surface area contributed by atoms with Crippen LogP contribution in [-0.2, 0) is 12.7 Å². The number of alkyl halides is 3. The molecule has 0 amide bonds. The van der Waals surface area contributed by atoms with Crippen LogP contribution in [0.15, 0.2) is 10.4 Å². The highest BCUT2D eigenvalue weighted by Crippen LogP contribution is 2.29. The molecule has 0 aromatic carbocycles. The first-order chi connectivity index (χ1) is 12.4. The SMILES string of the molecule is CN=C(NCCCN(C)C1CCCCC1)NCc1nc(C(F)(F)F)cs1.I. The number of aliphatic imine (C=N–C) groups is 1. The Morgan fingerprint density at radius 1 is 1.30 bits per heavy atom. The fraction of sp³-hybridized carbons (Fsp3) is 0.765. The van der Waals surface area contributed by atoms with E-state index >= 15 is 0 Å². The first-order valence-corrected chi connectivity index (χ1v) is 9.94. The van der Waals surface area contributed by atoms with Gasteiger partial charge in [-0.2, -0.15) is 13.2 Å². The van der Waals surface area contributed by atoms with Crippen molar-refractivity contribution in [2.24, 2.45) is 4.99 Å². The van der Waals surface area contributed by atoms with Crippen LogP contribution in [-0.4, -0.2) is 49.1 Å². The van der Waals surface area contributed by atoms with E-state index in [-0.39, 0.29) is 30.5 Å². The summed E-state index contributed by atoms with van der Waals surface area (Å²) in [4.78, 5) is 10.1. The van der Waals surface area contributed by atoms with Crippen LogP contribution in [0, 0.1) is 0 Å². The minimum atomic E-state index is -4.39. The van der Waals surface area contributed by atoms with Gasteiger partial charge in [0.25, 0.3) is 0 Å². The van der Waals surface area contributed by atoms with E-state index in [1.807, 2.05) is 0 Å². The van der Waals surface area contributed by atoms with Gasteiger partial charge in [0.15, 0.2) is 11.7 Å². The number of halogens is 4. The zero-order valence-electron chi connectivity index (χ0n) is 15.8. The van der Waals surface area contributed by atoms with Gasteiger partial charge in [-0.25, -0.2) is 4.98 Å². The molecule has 0 unspecified atom stereocenters. The van der Waals surface area contributed by atoms with Gasteiger partial charge in [-0.1, -0.05) is 19.3 Å². The van der Waals surface area contributed by atoms with Gasteiger partial charge in [0.2, 0.25) is 0 Å². The Kier molecular flexibility index (Phi) is 10.9. The fourth-order valence-electron chi connectivity index (χ4n) is 3.14. The van der Waals surface area contributed by atoms with Gasteiger partial charge in [-0.05, 0) is 32.9 Å². The third-order valence-electron chi connectivity index (χ3n) is 4.65. The molecular formula is C17H29F3IN5S. The van der Waals surface area contributed by atoms with E-state index in [0.29, 0.717) is 17.0 Å².